The largest absolute Gasteiger partial charge is 0.480 e. The van der Waals surface area contributed by atoms with Crippen molar-refractivity contribution in [3.8, 4) is 0 Å². The number of aliphatic imine (C=N–C) groups is 1. The van der Waals surface area contributed by atoms with Crippen LogP contribution in [0.25, 0.3) is 0 Å². The summed E-state index contributed by atoms with van der Waals surface area (Å²) in [5.41, 5.74) is 21.0. The van der Waals surface area contributed by atoms with Gasteiger partial charge in [-0.3, -0.25) is 24.2 Å². The zero-order valence-electron chi connectivity index (χ0n) is 17.2. The average Bonchev–Trinajstić information content (AvgIpc) is 2.70. The van der Waals surface area contributed by atoms with Gasteiger partial charge < -0.3 is 44.0 Å². The van der Waals surface area contributed by atoms with Gasteiger partial charge in [0.25, 0.3) is 0 Å². The minimum absolute atomic E-state index is 0.0572. The van der Waals surface area contributed by atoms with Crippen molar-refractivity contribution in [1.82, 2.24) is 16.0 Å². The van der Waals surface area contributed by atoms with Gasteiger partial charge in [-0.2, -0.15) is 25.3 Å². The molecule has 0 rings (SSSR count). The topological polar surface area (TPSA) is 258 Å². The maximum atomic E-state index is 12.6. The maximum absolute atomic E-state index is 12.6. The Morgan fingerprint density at radius 2 is 1.34 bits per heavy atom. The first-order valence-corrected chi connectivity index (χ1v) is 10.6. The average molecular weight is 495 g/mol. The van der Waals surface area contributed by atoms with Crippen molar-refractivity contribution >= 4 is 60.8 Å². The number of amides is 4. The number of carboxylic acid groups (broad SMARTS) is 1. The predicted octanol–water partition coefficient (Wildman–Crippen LogP) is -4.36. The fourth-order valence-corrected chi connectivity index (χ4v) is 2.79. The Hall–Kier alpha value is -2.72. The summed E-state index contributed by atoms with van der Waals surface area (Å²) >= 11 is 7.88. The van der Waals surface area contributed by atoms with Gasteiger partial charge in [-0.25, -0.2) is 4.79 Å². The van der Waals surface area contributed by atoms with Crippen LogP contribution in [0.5, 0.6) is 0 Å². The van der Waals surface area contributed by atoms with Crippen molar-refractivity contribution in [1.29, 1.82) is 0 Å². The molecular weight excluding hydrogens is 464 g/mol. The first kappa shape index (κ1) is 29.3. The molecule has 0 heterocycles. The fraction of sp³-hybridized carbons (Fsp3) is 0.625. The Kier molecular flexibility index (Phi) is 13.9. The van der Waals surface area contributed by atoms with Crippen molar-refractivity contribution in [3.05, 3.63) is 0 Å². The maximum Gasteiger partial charge on any atom is 0.327 e. The summed E-state index contributed by atoms with van der Waals surface area (Å²) in [5.74, 6) is -4.95. The molecule has 182 valence electrons. The Bertz CT molecular complexity index is 719. The first-order chi connectivity index (χ1) is 14.9. The van der Waals surface area contributed by atoms with Crippen molar-refractivity contribution < 1.29 is 29.1 Å². The zero-order chi connectivity index (χ0) is 24.8. The van der Waals surface area contributed by atoms with E-state index in [1.165, 1.54) is 0 Å². The van der Waals surface area contributed by atoms with E-state index < -0.39 is 60.2 Å². The molecule has 32 heavy (non-hydrogen) atoms. The van der Waals surface area contributed by atoms with Gasteiger partial charge in [0.1, 0.15) is 18.1 Å². The number of aliphatic carboxylic acids is 1. The number of nitrogens with two attached hydrogens (primary N) is 4. The number of primary amides is 1. The van der Waals surface area contributed by atoms with Crippen LogP contribution in [0.2, 0.25) is 0 Å². The highest BCUT2D eigenvalue weighted by Crippen LogP contribution is 2.03. The number of carbonyl (C=O) groups is 5. The molecule has 4 unspecified atom stereocenters. The molecule has 0 fully saturated rings. The Morgan fingerprint density at radius 1 is 0.844 bits per heavy atom. The van der Waals surface area contributed by atoms with Crippen LogP contribution in [-0.4, -0.2) is 82.9 Å². The lowest BCUT2D eigenvalue weighted by atomic mass is 10.1. The lowest BCUT2D eigenvalue weighted by Crippen LogP contribution is -2.58. The molecule has 0 radical (unpaired) electrons. The van der Waals surface area contributed by atoms with Crippen LogP contribution in [0.15, 0.2) is 4.99 Å². The molecule has 0 saturated heterocycles. The van der Waals surface area contributed by atoms with Gasteiger partial charge >= 0.3 is 5.97 Å². The SMILES string of the molecule is NC(=O)CC(N)C(=O)NC(CS)C(=O)NC(CCCN=C(N)N)C(=O)NC(CS)C(=O)O. The number of nitrogens with zero attached hydrogens (tertiary/aromatic N) is 1. The minimum Gasteiger partial charge on any atom is -0.480 e. The Morgan fingerprint density at radius 3 is 1.81 bits per heavy atom. The molecule has 0 aliphatic rings. The van der Waals surface area contributed by atoms with Crippen LogP contribution < -0.4 is 38.9 Å². The molecule has 0 saturated carbocycles. The second-order valence-electron chi connectivity index (χ2n) is 6.61. The van der Waals surface area contributed by atoms with Gasteiger partial charge in [-0.1, -0.05) is 0 Å². The molecule has 14 nitrogen and oxygen atoms in total. The molecule has 0 aliphatic carbocycles. The highest BCUT2D eigenvalue weighted by Gasteiger charge is 2.29. The first-order valence-electron chi connectivity index (χ1n) is 9.37. The third-order valence-corrected chi connectivity index (χ3v) is 4.68. The number of hydrogen-bond donors (Lipinski definition) is 10. The molecule has 0 aromatic heterocycles. The molecule has 16 heteroatoms. The third-order valence-electron chi connectivity index (χ3n) is 3.95. The molecular formula is C16H30N8O6S2. The molecule has 12 N–H and O–H groups in total. The summed E-state index contributed by atoms with van der Waals surface area (Å²) < 4.78 is 0. The van der Waals surface area contributed by atoms with Crippen molar-refractivity contribution in [3.63, 3.8) is 0 Å². The monoisotopic (exact) mass is 494 g/mol. The smallest absolute Gasteiger partial charge is 0.327 e. The standard InChI is InChI=1S/C16H30N8O6S2/c17-7(4-11(18)25)12(26)23-9(5-31)14(28)22-8(2-1-3-21-16(19)20)13(27)24-10(6-32)15(29)30/h7-10,31-32H,1-6,17H2,(H2,18,25)(H,22,28)(H,23,26)(H,24,27)(H,29,30)(H4,19,20,21). The lowest BCUT2D eigenvalue weighted by molar-refractivity contribution is -0.141. The molecule has 0 spiro atoms. The fourth-order valence-electron chi connectivity index (χ4n) is 2.28. The molecule has 0 bridgehead atoms. The number of hydrogen-bond acceptors (Lipinski definition) is 9. The highest BCUT2D eigenvalue weighted by molar-refractivity contribution is 7.80. The molecule has 4 amide bonds. The molecule has 0 aromatic carbocycles. The van der Waals surface area contributed by atoms with Gasteiger partial charge in [0.2, 0.25) is 23.6 Å². The van der Waals surface area contributed by atoms with E-state index >= 15 is 0 Å². The number of nitrogens with one attached hydrogen (secondary N) is 3. The quantitative estimate of drug-likeness (QED) is 0.0455. The van der Waals surface area contributed by atoms with E-state index in [2.05, 4.69) is 46.2 Å². The van der Waals surface area contributed by atoms with E-state index in [0.29, 0.717) is 0 Å². The van der Waals surface area contributed by atoms with Crippen LogP contribution in [-0.2, 0) is 24.0 Å². The van der Waals surface area contributed by atoms with E-state index in [1.54, 1.807) is 0 Å². The predicted molar refractivity (Wildman–Crippen MR) is 123 cm³/mol. The third kappa shape index (κ3) is 11.6. The Balaban J connectivity index is 5.28. The summed E-state index contributed by atoms with van der Waals surface area (Å²) in [6, 6.07) is -4.92. The summed E-state index contributed by atoms with van der Waals surface area (Å²) in [5, 5.41) is 16.1. The van der Waals surface area contributed by atoms with Crippen molar-refractivity contribution in [2.75, 3.05) is 18.1 Å². The number of thiol groups is 2. The summed E-state index contributed by atoms with van der Waals surface area (Å²) in [7, 11) is 0. The van der Waals surface area contributed by atoms with Gasteiger partial charge in [0.15, 0.2) is 5.96 Å². The summed E-state index contributed by atoms with van der Waals surface area (Å²) in [6.45, 7) is 0.158. The molecule has 0 aromatic rings. The van der Waals surface area contributed by atoms with E-state index in [9.17, 15) is 24.0 Å². The summed E-state index contributed by atoms with van der Waals surface area (Å²) in [6.07, 6.45) is -0.0964. The number of rotatable bonds is 15. The number of guanidine groups is 1. The van der Waals surface area contributed by atoms with Crippen LogP contribution in [0.1, 0.15) is 19.3 Å². The van der Waals surface area contributed by atoms with Crippen LogP contribution in [0, 0.1) is 0 Å². The zero-order valence-corrected chi connectivity index (χ0v) is 19.0. The van der Waals surface area contributed by atoms with E-state index in [1.807, 2.05) is 0 Å². The minimum atomic E-state index is -1.30. The number of carbonyl (C=O) groups excluding carboxylic acids is 4. The normalized spacial score (nSPS) is 14.2. The second kappa shape index (κ2) is 15.1. The summed E-state index contributed by atoms with van der Waals surface area (Å²) in [4.78, 5) is 63.1. The number of carboxylic acids is 1. The molecule has 4 atom stereocenters. The molecule has 0 aliphatic heterocycles. The van der Waals surface area contributed by atoms with Crippen LogP contribution >= 0.6 is 25.3 Å². The van der Waals surface area contributed by atoms with E-state index in [4.69, 9.17) is 28.0 Å². The van der Waals surface area contributed by atoms with Crippen LogP contribution in [0.3, 0.4) is 0 Å². The highest BCUT2D eigenvalue weighted by atomic mass is 32.1. The van der Waals surface area contributed by atoms with Crippen molar-refractivity contribution in [2.45, 2.75) is 43.4 Å². The van der Waals surface area contributed by atoms with Gasteiger partial charge in [-0.05, 0) is 12.8 Å². The van der Waals surface area contributed by atoms with E-state index in [-0.39, 0.29) is 36.9 Å². The van der Waals surface area contributed by atoms with Gasteiger partial charge in [-0.15, -0.1) is 0 Å². The lowest BCUT2D eigenvalue weighted by Gasteiger charge is -2.24. The van der Waals surface area contributed by atoms with E-state index in [0.717, 1.165) is 0 Å². The second-order valence-corrected chi connectivity index (χ2v) is 7.34. The van der Waals surface area contributed by atoms with Crippen LogP contribution in [0.4, 0.5) is 0 Å². The Labute approximate surface area is 195 Å². The van der Waals surface area contributed by atoms with Crippen molar-refractivity contribution in [2.24, 2.45) is 27.9 Å². The van der Waals surface area contributed by atoms with Gasteiger partial charge in [0.05, 0.1) is 12.5 Å². The van der Waals surface area contributed by atoms with Gasteiger partial charge in [0, 0.05) is 18.1 Å².